The van der Waals surface area contributed by atoms with Crippen LogP contribution in [0.15, 0.2) is 24.3 Å². The molecule has 0 heterocycles. The van der Waals surface area contributed by atoms with Crippen LogP contribution in [0.2, 0.25) is 0 Å². The van der Waals surface area contributed by atoms with Crippen LogP contribution >= 0.6 is 0 Å². The number of rotatable bonds is 25. The Morgan fingerprint density at radius 2 is 0.794 bits per heavy atom. The van der Waals surface area contributed by atoms with E-state index in [2.05, 4.69) is 48.8 Å². The lowest BCUT2D eigenvalue weighted by molar-refractivity contribution is -0.123. The highest BCUT2D eigenvalue weighted by Gasteiger charge is 2.03. The van der Waals surface area contributed by atoms with Gasteiger partial charge >= 0.3 is 0 Å². The van der Waals surface area contributed by atoms with E-state index in [4.69, 9.17) is 0 Å². The Hall–Kier alpha value is -1.58. The summed E-state index contributed by atoms with van der Waals surface area (Å²) >= 11 is 0. The molecule has 34 heavy (non-hydrogen) atoms. The molecule has 0 aromatic rings. The first-order valence-corrected chi connectivity index (χ1v) is 14.5. The molecule has 0 unspecified atom stereocenters. The number of nitrogens with one attached hydrogen (secondary N) is 2. The smallest absolute Gasteiger partial charge is 0.220 e. The zero-order chi connectivity index (χ0) is 25.0. The highest BCUT2D eigenvalue weighted by molar-refractivity contribution is 5.77. The summed E-state index contributed by atoms with van der Waals surface area (Å²) < 4.78 is 0. The lowest BCUT2D eigenvalue weighted by Gasteiger charge is -2.07. The van der Waals surface area contributed by atoms with Crippen LogP contribution in [0.3, 0.4) is 0 Å². The van der Waals surface area contributed by atoms with Crippen molar-refractivity contribution in [3.8, 4) is 0 Å². The number of hydrogen-bond donors (Lipinski definition) is 2. The van der Waals surface area contributed by atoms with E-state index in [1.54, 1.807) is 0 Å². The number of carbonyl (C=O) groups excluding carboxylic acids is 2. The molecule has 0 aromatic heterocycles. The van der Waals surface area contributed by atoms with E-state index in [-0.39, 0.29) is 11.8 Å². The van der Waals surface area contributed by atoms with E-state index in [0.717, 1.165) is 25.7 Å². The highest BCUT2D eigenvalue weighted by Crippen LogP contribution is 2.09. The summed E-state index contributed by atoms with van der Waals surface area (Å²) in [7, 11) is 0. The molecule has 0 radical (unpaired) electrons. The van der Waals surface area contributed by atoms with Crippen molar-refractivity contribution in [3.63, 3.8) is 0 Å². The Labute approximate surface area is 211 Å². The minimum absolute atomic E-state index is 0.105. The average Bonchev–Trinajstić information content (AvgIpc) is 2.83. The topological polar surface area (TPSA) is 58.2 Å². The Morgan fingerprint density at radius 1 is 0.471 bits per heavy atom. The van der Waals surface area contributed by atoms with E-state index in [1.807, 2.05) is 0 Å². The molecule has 0 bridgehead atoms. The highest BCUT2D eigenvalue weighted by atomic mass is 16.2. The van der Waals surface area contributed by atoms with Gasteiger partial charge in [0.15, 0.2) is 0 Å². The fourth-order valence-corrected chi connectivity index (χ4v) is 3.85. The predicted molar refractivity (Wildman–Crippen MR) is 148 cm³/mol. The van der Waals surface area contributed by atoms with Crippen molar-refractivity contribution in [1.29, 1.82) is 0 Å². The molecule has 2 amide bonds. The van der Waals surface area contributed by atoms with Gasteiger partial charge in [-0.15, -0.1) is 0 Å². The van der Waals surface area contributed by atoms with Gasteiger partial charge in [-0.25, -0.2) is 0 Å². The lowest BCUT2D eigenvalue weighted by Crippen LogP contribution is -2.34. The summed E-state index contributed by atoms with van der Waals surface area (Å²) in [6.07, 6.45) is 32.0. The van der Waals surface area contributed by atoms with Crippen LogP contribution in [0, 0.1) is 0 Å². The SMILES string of the molecule is CCCC/C=C\CCCCCCCC(=O)NCCNC(=O)CCCCCCC/C=C\CCCC. The van der Waals surface area contributed by atoms with Crippen LogP contribution in [-0.2, 0) is 9.59 Å². The van der Waals surface area contributed by atoms with Gasteiger partial charge in [-0.1, -0.05) is 102 Å². The zero-order valence-electron chi connectivity index (χ0n) is 22.7. The summed E-state index contributed by atoms with van der Waals surface area (Å²) in [5.74, 6) is 0.210. The third-order valence-electron chi connectivity index (χ3n) is 6.10. The molecule has 0 fully saturated rings. The number of hydrogen-bond acceptors (Lipinski definition) is 2. The lowest BCUT2D eigenvalue weighted by atomic mass is 10.1. The van der Waals surface area contributed by atoms with Crippen LogP contribution in [-0.4, -0.2) is 24.9 Å². The van der Waals surface area contributed by atoms with Crippen molar-refractivity contribution in [1.82, 2.24) is 10.6 Å². The Bertz CT molecular complexity index is 468. The molecule has 0 aromatic carbocycles. The van der Waals surface area contributed by atoms with Crippen molar-refractivity contribution >= 4 is 11.8 Å². The van der Waals surface area contributed by atoms with Crippen LogP contribution in [0.5, 0.6) is 0 Å². The molecule has 198 valence electrons. The van der Waals surface area contributed by atoms with Crippen LogP contribution < -0.4 is 10.6 Å². The Morgan fingerprint density at radius 3 is 1.18 bits per heavy atom. The largest absolute Gasteiger partial charge is 0.354 e. The van der Waals surface area contributed by atoms with E-state index in [0.29, 0.717) is 25.9 Å². The van der Waals surface area contributed by atoms with E-state index in [9.17, 15) is 9.59 Å². The van der Waals surface area contributed by atoms with Crippen LogP contribution in [0.25, 0.3) is 0 Å². The first-order chi connectivity index (χ1) is 16.7. The molecule has 0 rings (SSSR count). The van der Waals surface area contributed by atoms with Gasteiger partial charge in [-0.3, -0.25) is 9.59 Å². The minimum Gasteiger partial charge on any atom is -0.354 e. The van der Waals surface area contributed by atoms with Crippen LogP contribution in [0.1, 0.15) is 142 Å². The molecule has 0 aliphatic heterocycles. The molecule has 0 saturated heterocycles. The second kappa shape index (κ2) is 27.7. The van der Waals surface area contributed by atoms with E-state index in [1.165, 1.54) is 89.9 Å². The average molecular weight is 477 g/mol. The normalized spacial score (nSPS) is 11.5. The van der Waals surface area contributed by atoms with Crippen molar-refractivity contribution in [2.45, 2.75) is 142 Å². The molecule has 0 aliphatic carbocycles. The number of allylic oxidation sites excluding steroid dienone is 4. The maximum absolute atomic E-state index is 11.9. The van der Waals surface area contributed by atoms with Crippen molar-refractivity contribution in [3.05, 3.63) is 24.3 Å². The van der Waals surface area contributed by atoms with Gasteiger partial charge in [0.1, 0.15) is 0 Å². The summed E-state index contributed by atoms with van der Waals surface area (Å²) in [5, 5.41) is 5.83. The first kappa shape index (κ1) is 32.4. The fourth-order valence-electron chi connectivity index (χ4n) is 3.85. The quantitative estimate of drug-likeness (QED) is 0.103. The van der Waals surface area contributed by atoms with Gasteiger partial charge in [-0.2, -0.15) is 0 Å². The summed E-state index contributed by atoms with van der Waals surface area (Å²) in [6.45, 7) is 5.51. The molecule has 4 nitrogen and oxygen atoms in total. The predicted octanol–water partition coefficient (Wildman–Crippen LogP) is 8.17. The zero-order valence-corrected chi connectivity index (χ0v) is 22.7. The molecule has 0 atom stereocenters. The maximum atomic E-state index is 11.9. The van der Waals surface area contributed by atoms with E-state index >= 15 is 0 Å². The van der Waals surface area contributed by atoms with Gasteiger partial charge in [0.05, 0.1) is 0 Å². The molecular formula is C30H56N2O2. The first-order valence-electron chi connectivity index (χ1n) is 14.5. The number of carbonyl (C=O) groups is 2. The fraction of sp³-hybridized carbons (Fsp3) is 0.800. The standard InChI is InChI=1S/C30H56N2O2/c1-3-5-7-9-11-13-15-17-19-21-23-25-29(33)31-27-28-32-30(34)26-24-22-20-18-16-14-12-10-8-6-4-2/h9-12H,3-8,13-28H2,1-2H3,(H,31,33)(H,32,34)/b11-9-,12-10-. The summed E-state index contributed by atoms with van der Waals surface area (Å²) in [4.78, 5) is 23.8. The number of amides is 2. The molecule has 4 heteroatoms. The van der Waals surface area contributed by atoms with Gasteiger partial charge in [0, 0.05) is 25.9 Å². The van der Waals surface area contributed by atoms with Gasteiger partial charge in [-0.05, 0) is 51.4 Å². The van der Waals surface area contributed by atoms with Crippen molar-refractivity contribution in [2.75, 3.05) is 13.1 Å². The minimum atomic E-state index is 0.105. The Balaban J connectivity index is 3.35. The van der Waals surface area contributed by atoms with Crippen LogP contribution in [0.4, 0.5) is 0 Å². The monoisotopic (exact) mass is 476 g/mol. The summed E-state index contributed by atoms with van der Waals surface area (Å²) in [5.41, 5.74) is 0. The van der Waals surface area contributed by atoms with E-state index < -0.39 is 0 Å². The molecular weight excluding hydrogens is 420 g/mol. The third-order valence-corrected chi connectivity index (χ3v) is 6.10. The maximum Gasteiger partial charge on any atom is 0.220 e. The number of unbranched alkanes of at least 4 members (excludes halogenated alkanes) is 14. The van der Waals surface area contributed by atoms with Crippen molar-refractivity contribution < 1.29 is 9.59 Å². The Kier molecular flexibility index (Phi) is 26.4. The second-order valence-electron chi connectivity index (χ2n) is 9.54. The van der Waals surface area contributed by atoms with Gasteiger partial charge in [0.2, 0.25) is 11.8 Å². The molecule has 0 spiro atoms. The van der Waals surface area contributed by atoms with Gasteiger partial charge < -0.3 is 10.6 Å². The molecule has 0 aliphatic rings. The van der Waals surface area contributed by atoms with Crippen molar-refractivity contribution in [2.24, 2.45) is 0 Å². The third kappa shape index (κ3) is 26.7. The second-order valence-corrected chi connectivity index (χ2v) is 9.54. The summed E-state index contributed by atoms with van der Waals surface area (Å²) in [6, 6.07) is 0. The molecule has 2 N–H and O–H groups in total. The molecule has 0 saturated carbocycles. The van der Waals surface area contributed by atoms with Gasteiger partial charge in [0.25, 0.3) is 0 Å².